The fourth-order valence-electron chi connectivity index (χ4n) is 0.675. The predicted octanol–water partition coefficient (Wildman–Crippen LogP) is 4.39. The van der Waals surface area contributed by atoms with Gasteiger partial charge in [-0.25, -0.2) is 0 Å². The Hall–Kier alpha value is 1.48. The zero-order valence-corrected chi connectivity index (χ0v) is 9.79. The van der Waals surface area contributed by atoms with E-state index < -0.39 is 0 Å². The van der Waals surface area contributed by atoms with Crippen molar-refractivity contribution in [1.82, 2.24) is 0 Å². The highest BCUT2D eigenvalue weighted by molar-refractivity contribution is 9.06. The van der Waals surface area contributed by atoms with Crippen molar-refractivity contribution in [2.45, 2.75) is 32.6 Å². The second-order valence-corrected chi connectivity index (χ2v) is 10.2. The first-order valence-electron chi connectivity index (χ1n) is 3.58. The third kappa shape index (κ3) is 9.48. The summed E-state index contributed by atoms with van der Waals surface area (Å²) in [7, 11) is 0. The topological polar surface area (TPSA) is 0 Å². The van der Waals surface area contributed by atoms with Gasteiger partial charge in [0.1, 0.15) is 0 Å². The maximum Gasteiger partial charge on any atom is 0.0666 e. The van der Waals surface area contributed by atoms with E-state index in [2.05, 4.69) is 31.4 Å². The molecule has 0 spiro atoms. The van der Waals surface area contributed by atoms with Gasteiger partial charge < -0.3 is 0 Å². The van der Waals surface area contributed by atoms with Crippen LogP contribution in [-0.2, 0) is 0 Å². The summed E-state index contributed by atoms with van der Waals surface area (Å²) in [4.78, 5) is 0. The van der Waals surface area contributed by atoms with Crippen LogP contribution in [0.25, 0.3) is 0 Å². The average molecular weight is 214 g/mol. The molecule has 62 valence electrons. The van der Waals surface area contributed by atoms with Crippen LogP contribution in [0.2, 0.25) is 0 Å². The number of thiol groups is 2. The normalized spacial score (nSPS) is 10.8. The molecule has 4 heteroatoms. The molecule has 0 unspecified atom stereocenters. The largest absolute Gasteiger partial charge is 0.130 e. The van der Waals surface area contributed by atoms with Gasteiger partial charge in [-0.15, -0.1) is 35.9 Å². The van der Waals surface area contributed by atoms with Crippen LogP contribution >= 0.6 is 41.4 Å². The predicted molar refractivity (Wildman–Crippen MR) is 61.5 cm³/mol. The molecule has 0 aromatic rings. The Morgan fingerprint density at radius 1 is 1.20 bits per heavy atom. The van der Waals surface area contributed by atoms with Crippen LogP contribution in [0.5, 0.6) is 0 Å². The first kappa shape index (κ1) is 11.5. The van der Waals surface area contributed by atoms with E-state index in [4.69, 9.17) is 0 Å². The van der Waals surface area contributed by atoms with Crippen molar-refractivity contribution in [2.75, 3.05) is 5.75 Å². The van der Waals surface area contributed by atoms with Crippen molar-refractivity contribution in [3.8, 4) is 0 Å². The Labute approximate surface area is 79.7 Å². The molecule has 0 aromatic heterocycles. The number of hydrogen-bond donors (Lipinski definition) is 2. The maximum atomic E-state index is 4.22. The minimum atomic E-state index is -0.316. The Kier molecular flexibility index (Phi) is 9.84. The second-order valence-electron chi connectivity index (χ2n) is 2.15. The van der Waals surface area contributed by atoms with Crippen LogP contribution < -0.4 is 0 Å². The van der Waals surface area contributed by atoms with Crippen LogP contribution in [-0.4, -0.2) is 5.75 Å². The molecule has 0 saturated carbocycles. The molecule has 0 amide bonds. The molecule has 0 aliphatic carbocycles. The van der Waals surface area contributed by atoms with Crippen molar-refractivity contribution < 1.29 is 0 Å². The lowest BCUT2D eigenvalue weighted by Crippen LogP contribution is -1.77. The Morgan fingerprint density at radius 3 is 2.40 bits per heavy atom. The zero-order valence-electron chi connectivity index (χ0n) is 6.29. The van der Waals surface area contributed by atoms with Crippen LogP contribution in [0, 0.1) is 0 Å². The summed E-state index contributed by atoms with van der Waals surface area (Å²) in [5.41, 5.74) is -0.316. The Balaban J connectivity index is 2.77. The molecule has 0 saturated heterocycles. The van der Waals surface area contributed by atoms with E-state index >= 15 is 0 Å². The highest BCUT2D eigenvalue weighted by Gasteiger charge is 1.94. The van der Waals surface area contributed by atoms with Gasteiger partial charge in [0.05, 0.1) is 5.53 Å². The van der Waals surface area contributed by atoms with E-state index in [9.17, 15) is 0 Å². The van der Waals surface area contributed by atoms with Crippen molar-refractivity contribution in [2.24, 2.45) is 0 Å². The van der Waals surface area contributed by atoms with Crippen molar-refractivity contribution >= 4 is 41.4 Å². The zero-order chi connectivity index (χ0) is 7.82. The molecular weight excluding hydrogens is 199 g/mol. The van der Waals surface area contributed by atoms with Crippen LogP contribution in [0.3, 0.4) is 0 Å². The van der Waals surface area contributed by atoms with Gasteiger partial charge in [0.15, 0.2) is 0 Å². The first-order valence-corrected chi connectivity index (χ1v) is 8.82. The van der Waals surface area contributed by atoms with Crippen LogP contribution in [0.15, 0.2) is 0 Å². The Morgan fingerprint density at radius 2 is 1.90 bits per heavy atom. The third-order valence-electron chi connectivity index (χ3n) is 1.20. The fraction of sp³-hybridized carbons (Fsp3) is 1.00. The molecule has 0 nitrogen and oxygen atoms in total. The molecule has 0 N–H and O–H groups in total. The monoisotopic (exact) mass is 214 g/mol. The van der Waals surface area contributed by atoms with E-state index in [0.29, 0.717) is 0 Å². The highest BCUT2D eigenvalue weighted by atomic mass is 33.3. The van der Waals surface area contributed by atoms with E-state index in [1.54, 1.807) is 0 Å². The molecule has 0 aliphatic heterocycles. The number of hydrogen-bond acceptors (Lipinski definition) is 3. The fourth-order valence-corrected chi connectivity index (χ4v) is 3.52. The molecular formula is C6H15PS3. The van der Waals surface area contributed by atoms with Gasteiger partial charge >= 0.3 is 0 Å². The molecule has 0 bridgehead atoms. The van der Waals surface area contributed by atoms with Crippen molar-refractivity contribution in [1.29, 1.82) is 0 Å². The average Bonchev–Trinajstić information content (AvgIpc) is 1.87. The minimum absolute atomic E-state index is 0.316. The number of rotatable bonds is 6. The van der Waals surface area contributed by atoms with Gasteiger partial charge in [-0.2, -0.15) is 0 Å². The molecule has 0 aliphatic rings. The summed E-state index contributed by atoms with van der Waals surface area (Å²) in [5.74, 6) is 1.23. The summed E-state index contributed by atoms with van der Waals surface area (Å²) >= 11 is 10.3. The summed E-state index contributed by atoms with van der Waals surface area (Å²) < 4.78 is 0. The molecule has 0 heterocycles. The van der Waals surface area contributed by atoms with Crippen molar-refractivity contribution in [3.05, 3.63) is 0 Å². The third-order valence-corrected chi connectivity index (χ3v) is 5.23. The van der Waals surface area contributed by atoms with Gasteiger partial charge in [0.2, 0.25) is 0 Å². The lowest BCUT2D eigenvalue weighted by Gasteiger charge is -2.01. The summed E-state index contributed by atoms with van der Waals surface area (Å²) in [6.45, 7) is 2.23. The van der Waals surface area contributed by atoms with E-state index in [1.807, 2.05) is 11.4 Å². The standard InChI is InChI=1S/C6H15PS3/c1-2-3-4-5-6-10-7(8)9/h8-9H,2-6H2,1H3. The Bertz CT molecular complexity index is 68.0. The summed E-state index contributed by atoms with van der Waals surface area (Å²) in [5, 5.41) is 0. The maximum absolute atomic E-state index is 4.22. The molecule has 0 rings (SSSR count). The first-order chi connectivity index (χ1) is 4.77. The van der Waals surface area contributed by atoms with E-state index in [1.165, 1.54) is 31.4 Å². The van der Waals surface area contributed by atoms with E-state index in [0.717, 1.165) is 0 Å². The van der Waals surface area contributed by atoms with Crippen LogP contribution in [0.4, 0.5) is 0 Å². The second kappa shape index (κ2) is 8.58. The summed E-state index contributed by atoms with van der Waals surface area (Å²) in [6, 6.07) is 0. The van der Waals surface area contributed by atoms with Crippen molar-refractivity contribution in [3.63, 3.8) is 0 Å². The lowest BCUT2D eigenvalue weighted by molar-refractivity contribution is 0.707. The summed E-state index contributed by atoms with van der Waals surface area (Å²) in [6.07, 6.45) is 5.39. The quantitative estimate of drug-likeness (QED) is 0.376. The molecule has 0 radical (unpaired) electrons. The smallest absolute Gasteiger partial charge is 0.0666 e. The minimum Gasteiger partial charge on any atom is -0.130 e. The molecule has 0 aromatic carbocycles. The molecule has 10 heavy (non-hydrogen) atoms. The van der Waals surface area contributed by atoms with Gasteiger partial charge in [0, 0.05) is 0 Å². The van der Waals surface area contributed by atoms with E-state index in [-0.39, 0.29) is 5.53 Å². The SMILES string of the molecule is CCCCCCSP(S)S. The molecule has 0 fully saturated rings. The molecule has 0 atom stereocenters. The lowest BCUT2D eigenvalue weighted by atomic mass is 10.2. The van der Waals surface area contributed by atoms with Gasteiger partial charge in [-0.05, 0) is 12.2 Å². The van der Waals surface area contributed by atoms with Gasteiger partial charge in [-0.3, -0.25) is 0 Å². The number of unbranched alkanes of at least 4 members (excludes halogenated alkanes) is 3. The van der Waals surface area contributed by atoms with Gasteiger partial charge in [-0.1, -0.05) is 26.2 Å². The highest BCUT2D eigenvalue weighted by Crippen LogP contribution is 2.58. The van der Waals surface area contributed by atoms with Crippen LogP contribution in [0.1, 0.15) is 32.6 Å². The van der Waals surface area contributed by atoms with Gasteiger partial charge in [0.25, 0.3) is 0 Å².